The highest BCUT2D eigenvalue weighted by molar-refractivity contribution is 6.46. The number of aliphatic hydroxyl groups excluding tert-OH is 1. The van der Waals surface area contributed by atoms with Gasteiger partial charge in [0, 0.05) is 18.7 Å². The van der Waals surface area contributed by atoms with E-state index in [1.54, 1.807) is 12.1 Å². The van der Waals surface area contributed by atoms with Gasteiger partial charge >= 0.3 is 0 Å². The van der Waals surface area contributed by atoms with Gasteiger partial charge in [0.1, 0.15) is 5.76 Å². The lowest BCUT2D eigenvalue weighted by Crippen LogP contribution is -2.36. The molecule has 2 aliphatic heterocycles. The highest BCUT2D eigenvalue weighted by atomic mass is 16.5. The zero-order valence-corrected chi connectivity index (χ0v) is 19.3. The highest BCUT2D eigenvalue weighted by Crippen LogP contribution is 2.42. The Bertz CT molecular complexity index is 1160. The smallest absolute Gasteiger partial charge is 0.295 e. The lowest BCUT2D eigenvalue weighted by molar-refractivity contribution is -0.140. The van der Waals surface area contributed by atoms with Gasteiger partial charge in [-0.25, -0.2) is 0 Å². The molecule has 0 spiro atoms. The number of amides is 1. The number of rotatable bonds is 5. The molecule has 5 rings (SSSR count). The van der Waals surface area contributed by atoms with E-state index in [9.17, 15) is 19.8 Å². The number of aromatic hydroxyl groups is 1. The molecule has 7 nitrogen and oxygen atoms in total. The van der Waals surface area contributed by atoms with E-state index in [0.29, 0.717) is 17.7 Å². The number of methoxy groups -OCH3 is 1. The average molecular weight is 464 g/mol. The fourth-order valence-electron chi connectivity index (χ4n) is 5.34. The minimum atomic E-state index is -0.836. The topological polar surface area (TPSA) is 96.3 Å². The van der Waals surface area contributed by atoms with E-state index < -0.39 is 17.7 Å². The van der Waals surface area contributed by atoms with E-state index in [4.69, 9.17) is 9.47 Å². The molecular weight excluding hydrogens is 434 g/mol. The molecular formula is C27H29NO6. The van der Waals surface area contributed by atoms with Crippen LogP contribution in [0.5, 0.6) is 11.5 Å². The third kappa shape index (κ3) is 3.94. The number of hydrogen-bond donors (Lipinski definition) is 2. The SMILES string of the molecule is COc1ccc(C2/C(=C(/O)c3ccc4c(c3)CCCC4)C(=O)C(=O)N2CC2CCCO2)cc1O. The molecule has 2 heterocycles. The van der Waals surface area contributed by atoms with Crippen molar-refractivity contribution in [3.8, 4) is 11.5 Å². The number of benzene rings is 2. The molecule has 0 bridgehead atoms. The van der Waals surface area contributed by atoms with Gasteiger partial charge in [0.25, 0.3) is 11.7 Å². The van der Waals surface area contributed by atoms with E-state index >= 15 is 0 Å². The van der Waals surface area contributed by atoms with Crippen molar-refractivity contribution in [2.45, 2.75) is 50.7 Å². The van der Waals surface area contributed by atoms with Crippen molar-refractivity contribution < 1.29 is 29.3 Å². The van der Waals surface area contributed by atoms with E-state index in [1.165, 1.54) is 29.2 Å². The normalized spacial score (nSPS) is 23.9. The number of Topliss-reactive ketones (excluding diaryl/α,β-unsaturated/α-hetero) is 1. The van der Waals surface area contributed by atoms with Crippen LogP contribution in [0.1, 0.15) is 54.0 Å². The maximum atomic E-state index is 13.2. The number of hydrogen-bond acceptors (Lipinski definition) is 6. The number of ketones is 1. The molecule has 0 aromatic heterocycles. The molecule has 0 saturated carbocycles. The molecule has 1 amide bonds. The summed E-state index contributed by atoms with van der Waals surface area (Å²) in [6.45, 7) is 0.862. The van der Waals surface area contributed by atoms with E-state index in [0.717, 1.165) is 38.5 Å². The zero-order valence-electron chi connectivity index (χ0n) is 19.3. The van der Waals surface area contributed by atoms with Crippen LogP contribution in [-0.2, 0) is 27.2 Å². The summed E-state index contributed by atoms with van der Waals surface area (Å²) in [7, 11) is 1.45. The van der Waals surface area contributed by atoms with Crippen LogP contribution >= 0.6 is 0 Å². The number of phenols is 1. The quantitative estimate of drug-likeness (QED) is 0.397. The first-order valence-electron chi connectivity index (χ1n) is 11.9. The fraction of sp³-hybridized carbons (Fsp3) is 0.407. The van der Waals surface area contributed by atoms with Gasteiger partial charge in [-0.2, -0.15) is 0 Å². The van der Waals surface area contributed by atoms with E-state index in [-0.39, 0.29) is 35.5 Å². The summed E-state index contributed by atoms with van der Waals surface area (Å²) in [6.07, 6.45) is 5.71. The van der Waals surface area contributed by atoms with Crippen LogP contribution < -0.4 is 4.74 Å². The van der Waals surface area contributed by atoms with Crippen LogP contribution in [0.2, 0.25) is 0 Å². The molecule has 2 atom stereocenters. The van der Waals surface area contributed by atoms with Crippen LogP contribution in [0.25, 0.3) is 5.76 Å². The zero-order chi connectivity index (χ0) is 23.8. The van der Waals surface area contributed by atoms with Gasteiger partial charge in [-0.15, -0.1) is 0 Å². The number of fused-ring (bicyclic) bond motifs is 1. The Kier molecular flexibility index (Phi) is 6.04. The van der Waals surface area contributed by atoms with Crippen molar-refractivity contribution in [2.75, 3.05) is 20.3 Å². The van der Waals surface area contributed by atoms with Gasteiger partial charge in [0.15, 0.2) is 11.5 Å². The Labute approximate surface area is 198 Å². The highest BCUT2D eigenvalue weighted by Gasteiger charge is 2.47. The van der Waals surface area contributed by atoms with Crippen LogP contribution in [0.3, 0.4) is 0 Å². The van der Waals surface area contributed by atoms with Gasteiger partial charge in [-0.05, 0) is 73.4 Å². The molecule has 0 radical (unpaired) electrons. The molecule has 2 unspecified atom stereocenters. The Hall–Kier alpha value is -3.32. The van der Waals surface area contributed by atoms with Crippen molar-refractivity contribution in [1.29, 1.82) is 0 Å². The first kappa shape index (κ1) is 22.5. The summed E-state index contributed by atoms with van der Waals surface area (Å²) in [5, 5.41) is 21.8. The van der Waals surface area contributed by atoms with Gasteiger partial charge in [0.2, 0.25) is 0 Å². The van der Waals surface area contributed by atoms with Crippen molar-refractivity contribution >= 4 is 17.4 Å². The maximum absolute atomic E-state index is 13.2. The monoisotopic (exact) mass is 463 g/mol. The summed E-state index contributed by atoms with van der Waals surface area (Å²) < 4.78 is 10.9. The van der Waals surface area contributed by atoms with Crippen molar-refractivity contribution in [3.63, 3.8) is 0 Å². The Morgan fingerprint density at radius 1 is 1.09 bits per heavy atom. The first-order chi connectivity index (χ1) is 16.5. The van der Waals surface area contributed by atoms with Gasteiger partial charge in [-0.3, -0.25) is 9.59 Å². The summed E-state index contributed by atoms with van der Waals surface area (Å²) in [5.74, 6) is -1.41. The van der Waals surface area contributed by atoms with Crippen molar-refractivity contribution in [2.24, 2.45) is 0 Å². The summed E-state index contributed by atoms with van der Waals surface area (Å²) >= 11 is 0. The second-order valence-corrected chi connectivity index (χ2v) is 9.21. The second-order valence-electron chi connectivity index (χ2n) is 9.21. The number of carbonyl (C=O) groups is 2. The molecule has 1 aliphatic carbocycles. The number of likely N-dealkylation sites (tertiary alicyclic amines) is 1. The van der Waals surface area contributed by atoms with Crippen LogP contribution in [0, 0.1) is 0 Å². The van der Waals surface area contributed by atoms with Crippen molar-refractivity contribution in [1.82, 2.24) is 4.90 Å². The Balaban J connectivity index is 1.61. The molecule has 3 aliphatic rings. The number of phenolic OH excluding ortho intramolecular Hbond substituents is 1. The summed E-state index contributed by atoms with van der Waals surface area (Å²) in [4.78, 5) is 27.9. The average Bonchev–Trinajstić information content (AvgIpc) is 3.45. The Morgan fingerprint density at radius 2 is 1.88 bits per heavy atom. The minimum absolute atomic E-state index is 0.0309. The lowest BCUT2D eigenvalue weighted by atomic mass is 9.88. The van der Waals surface area contributed by atoms with Gasteiger partial charge in [-0.1, -0.05) is 18.2 Å². The number of carbonyl (C=O) groups excluding carboxylic acids is 2. The largest absolute Gasteiger partial charge is 0.507 e. The van der Waals surface area contributed by atoms with Gasteiger partial charge in [0.05, 0.1) is 24.8 Å². The molecule has 2 N–H and O–H groups in total. The molecule has 34 heavy (non-hydrogen) atoms. The molecule has 2 aromatic rings. The fourth-order valence-corrected chi connectivity index (χ4v) is 5.34. The summed E-state index contributed by atoms with van der Waals surface area (Å²) in [5.41, 5.74) is 3.51. The standard InChI is InChI=1S/C27H29NO6/c1-33-22-11-10-18(14-21(22)29)24-23(26(31)27(32)28(24)15-20-7-4-12-34-20)25(30)19-9-8-16-5-2-3-6-17(16)13-19/h8-11,13-14,20,24,29-30H,2-7,12,15H2,1H3/b25-23-. The minimum Gasteiger partial charge on any atom is -0.507 e. The van der Waals surface area contributed by atoms with Crippen LogP contribution in [0.4, 0.5) is 0 Å². The maximum Gasteiger partial charge on any atom is 0.295 e. The van der Waals surface area contributed by atoms with Gasteiger partial charge < -0.3 is 24.6 Å². The van der Waals surface area contributed by atoms with Crippen LogP contribution in [0.15, 0.2) is 42.0 Å². The third-order valence-electron chi connectivity index (χ3n) is 7.10. The summed E-state index contributed by atoms with van der Waals surface area (Å²) in [6, 6.07) is 9.69. The number of ether oxygens (including phenoxy) is 2. The molecule has 2 saturated heterocycles. The lowest BCUT2D eigenvalue weighted by Gasteiger charge is -2.27. The van der Waals surface area contributed by atoms with E-state index in [1.807, 2.05) is 18.2 Å². The predicted octanol–water partition coefficient (Wildman–Crippen LogP) is 3.88. The van der Waals surface area contributed by atoms with Crippen LogP contribution in [-0.4, -0.2) is 53.2 Å². The molecule has 178 valence electrons. The predicted molar refractivity (Wildman–Crippen MR) is 126 cm³/mol. The Morgan fingerprint density at radius 3 is 2.59 bits per heavy atom. The molecule has 2 fully saturated rings. The third-order valence-corrected chi connectivity index (χ3v) is 7.10. The second kappa shape index (κ2) is 9.14. The number of nitrogens with zero attached hydrogens (tertiary/aromatic N) is 1. The number of aryl methyl sites for hydroxylation is 2. The number of aliphatic hydroxyl groups is 1. The first-order valence-corrected chi connectivity index (χ1v) is 11.9. The molecule has 7 heteroatoms. The van der Waals surface area contributed by atoms with E-state index in [2.05, 4.69) is 0 Å². The molecule has 2 aromatic carbocycles. The van der Waals surface area contributed by atoms with Crippen molar-refractivity contribution in [3.05, 3.63) is 64.2 Å².